The van der Waals surface area contributed by atoms with E-state index in [1.165, 1.54) is 0 Å². The van der Waals surface area contributed by atoms with Gasteiger partial charge in [-0.25, -0.2) is 9.37 Å². The van der Waals surface area contributed by atoms with E-state index in [2.05, 4.69) is 14.8 Å². The summed E-state index contributed by atoms with van der Waals surface area (Å²) in [6, 6.07) is 12.1. The molecule has 3 aromatic rings. The topological polar surface area (TPSA) is 36.7 Å². The van der Waals surface area contributed by atoms with Crippen molar-refractivity contribution >= 4 is 11.6 Å². The lowest BCUT2D eigenvalue weighted by Gasteiger charge is -2.34. The Bertz CT molecular complexity index is 809. The van der Waals surface area contributed by atoms with Crippen LogP contribution in [0, 0.1) is 0 Å². The molecule has 0 spiro atoms. The number of imidazole rings is 1. The highest BCUT2D eigenvalue weighted by atomic mass is 19.1. The van der Waals surface area contributed by atoms with Gasteiger partial charge >= 0.3 is 0 Å². The summed E-state index contributed by atoms with van der Waals surface area (Å²) < 4.78 is 14.4. The van der Waals surface area contributed by atoms with Crippen molar-refractivity contribution in [3.05, 3.63) is 48.8 Å². The average Bonchev–Trinajstić information content (AvgIpc) is 3.07. The molecule has 0 N–H and O–H groups in total. The van der Waals surface area contributed by atoms with Gasteiger partial charge in [0.1, 0.15) is 12.5 Å². The predicted octanol–water partition coefficient (Wildman–Crippen LogP) is 2.49. The minimum absolute atomic E-state index is 0.277. The fraction of sp³-hybridized carbons (Fsp3) is 0.333. The number of nitrogens with zero attached hydrogens (tertiary/aromatic N) is 5. The molecule has 1 aromatic carbocycles. The molecule has 0 amide bonds. The van der Waals surface area contributed by atoms with E-state index in [1.807, 2.05) is 53.2 Å². The highest BCUT2D eigenvalue weighted by Crippen LogP contribution is 2.20. The second-order valence-corrected chi connectivity index (χ2v) is 6.00. The maximum atomic E-state index is 12.4. The normalized spacial score (nSPS) is 16.0. The number of hydrogen-bond acceptors (Lipinski definition) is 4. The van der Waals surface area contributed by atoms with Gasteiger partial charge in [-0.3, -0.25) is 9.30 Å². The summed E-state index contributed by atoms with van der Waals surface area (Å²) in [5, 5.41) is 0. The van der Waals surface area contributed by atoms with Gasteiger partial charge in [0.15, 0.2) is 0 Å². The van der Waals surface area contributed by atoms with Crippen molar-refractivity contribution in [2.45, 2.75) is 0 Å². The van der Waals surface area contributed by atoms with Gasteiger partial charge in [0, 0.05) is 50.7 Å². The Morgan fingerprint density at radius 3 is 2.50 bits per heavy atom. The number of aromatic nitrogens is 3. The first-order valence-electron chi connectivity index (χ1n) is 8.28. The Morgan fingerprint density at radius 2 is 1.75 bits per heavy atom. The highest BCUT2D eigenvalue weighted by Gasteiger charge is 2.18. The molecule has 24 heavy (non-hydrogen) atoms. The highest BCUT2D eigenvalue weighted by molar-refractivity contribution is 5.61. The second kappa shape index (κ2) is 6.57. The van der Waals surface area contributed by atoms with Crippen molar-refractivity contribution in [1.29, 1.82) is 0 Å². The Morgan fingerprint density at radius 1 is 0.958 bits per heavy atom. The number of fused-ring (bicyclic) bond motifs is 1. The lowest BCUT2D eigenvalue weighted by Crippen LogP contribution is -2.47. The molecule has 0 aliphatic carbocycles. The van der Waals surface area contributed by atoms with Gasteiger partial charge in [0.25, 0.3) is 0 Å². The van der Waals surface area contributed by atoms with Crippen molar-refractivity contribution in [3.8, 4) is 11.3 Å². The van der Waals surface area contributed by atoms with Crippen molar-refractivity contribution in [2.75, 3.05) is 44.3 Å². The number of benzene rings is 1. The van der Waals surface area contributed by atoms with Crippen LogP contribution in [0.4, 0.5) is 10.2 Å². The number of piperazine rings is 1. The largest absolute Gasteiger partial charge is 0.354 e. The minimum Gasteiger partial charge on any atom is -0.354 e. The monoisotopic (exact) mass is 325 g/mol. The molecule has 1 saturated heterocycles. The van der Waals surface area contributed by atoms with E-state index in [0.29, 0.717) is 12.3 Å². The molecule has 0 bridgehead atoms. The van der Waals surface area contributed by atoms with E-state index < -0.39 is 0 Å². The minimum atomic E-state index is -0.277. The summed E-state index contributed by atoms with van der Waals surface area (Å²) in [6.45, 7) is 3.74. The molecular weight excluding hydrogens is 305 g/mol. The second-order valence-electron chi connectivity index (χ2n) is 6.00. The van der Waals surface area contributed by atoms with Crippen LogP contribution in [-0.2, 0) is 0 Å². The van der Waals surface area contributed by atoms with Crippen LogP contribution in [0.5, 0.6) is 0 Å². The summed E-state index contributed by atoms with van der Waals surface area (Å²) >= 11 is 0. The molecule has 3 heterocycles. The molecule has 2 aromatic heterocycles. The molecule has 124 valence electrons. The third-order valence-electron chi connectivity index (χ3n) is 4.48. The summed E-state index contributed by atoms with van der Waals surface area (Å²) in [5.74, 6) is 1.64. The van der Waals surface area contributed by atoms with Gasteiger partial charge in [-0.1, -0.05) is 30.3 Å². The molecule has 0 unspecified atom stereocenters. The van der Waals surface area contributed by atoms with Crippen LogP contribution in [0.15, 0.2) is 48.8 Å². The summed E-state index contributed by atoms with van der Waals surface area (Å²) in [6.07, 6.45) is 4.01. The van der Waals surface area contributed by atoms with Crippen LogP contribution in [0.25, 0.3) is 17.0 Å². The maximum Gasteiger partial charge on any atom is 0.236 e. The predicted molar refractivity (Wildman–Crippen MR) is 93.1 cm³/mol. The van der Waals surface area contributed by atoms with Crippen molar-refractivity contribution < 1.29 is 4.39 Å². The molecule has 0 saturated carbocycles. The van der Waals surface area contributed by atoms with Gasteiger partial charge in [0.05, 0.1) is 5.69 Å². The molecule has 0 atom stereocenters. The van der Waals surface area contributed by atoms with E-state index in [4.69, 9.17) is 4.98 Å². The molecule has 1 fully saturated rings. The van der Waals surface area contributed by atoms with Gasteiger partial charge in [0.2, 0.25) is 5.78 Å². The fourth-order valence-corrected chi connectivity index (χ4v) is 3.11. The molecule has 6 heteroatoms. The fourth-order valence-electron chi connectivity index (χ4n) is 3.11. The van der Waals surface area contributed by atoms with Crippen molar-refractivity contribution in [2.24, 2.45) is 0 Å². The van der Waals surface area contributed by atoms with E-state index in [-0.39, 0.29) is 6.67 Å². The molecule has 0 radical (unpaired) electrons. The number of rotatable bonds is 4. The number of halogens is 1. The quantitative estimate of drug-likeness (QED) is 0.738. The zero-order valence-corrected chi connectivity index (χ0v) is 13.5. The molecule has 1 aliphatic rings. The van der Waals surface area contributed by atoms with Crippen LogP contribution < -0.4 is 4.90 Å². The van der Waals surface area contributed by atoms with Crippen LogP contribution in [-0.4, -0.2) is 58.7 Å². The van der Waals surface area contributed by atoms with Gasteiger partial charge in [-0.2, -0.15) is 4.98 Å². The lowest BCUT2D eigenvalue weighted by atomic mass is 10.2. The molecule has 5 nitrogen and oxygen atoms in total. The average molecular weight is 325 g/mol. The van der Waals surface area contributed by atoms with Crippen molar-refractivity contribution in [1.82, 2.24) is 19.3 Å². The van der Waals surface area contributed by atoms with Gasteiger partial charge < -0.3 is 4.90 Å². The number of anilines is 1. The molecular formula is C18H20FN5. The van der Waals surface area contributed by atoms with E-state index in [0.717, 1.165) is 43.3 Å². The molecule has 4 rings (SSSR count). The van der Waals surface area contributed by atoms with Gasteiger partial charge in [-0.15, -0.1) is 0 Å². The molecule has 1 aliphatic heterocycles. The van der Waals surface area contributed by atoms with Gasteiger partial charge in [-0.05, 0) is 6.07 Å². The Labute approximate surface area is 140 Å². The SMILES string of the molecule is FCCN1CCN(c2ccn3cc(-c4ccccc4)nc3n2)CC1. The Kier molecular flexibility index (Phi) is 4.13. The van der Waals surface area contributed by atoms with Crippen LogP contribution >= 0.6 is 0 Å². The van der Waals surface area contributed by atoms with Crippen molar-refractivity contribution in [3.63, 3.8) is 0 Å². The standard InChI is InChI=1S/C18H20FN5/c19-7-9-22-10-12-23(13-11-22)17-6-8-24-14-16(20-18(24)21-17)15-4-2-1-3-5-15/h1-6,8,14H,7,9-13H2. The first-order chi connectivity index (χ1) is 11.8. The summed E-state index contributed by atoms with van der Waals surface area (Å²) in [7, 11) is 0. The first kappa shape index (κ1) is 15.1. The summed E-state index contributed by atoms with van der Waals surface area (Å²) in [4.78, 5) is 13.7. The Hall–Kier alpha value is -2.47. The third-order valence-corrected chi connectivity index (χ3v) is 4.48. The zero-order chi connectivity index (χ0) is 16.4. The Balaban J connectivity index is 1.56. The third kappa shape index (κ3) is 2.97. The maximum absolute atomic E-state index is 12.4. The van der Waals surface area contributed by atoms with Crippen LogP contribution in [0.3, 0.4) is 0 Å². The lowest BCUT2D eigenvalue weighted by molar-refractivity contribution is 0.235. The van der Waals surface area contributed by atoms with E-state index in [1.54, 1.807) is 0 Å². The van der Waals surface area contributed by atoms with Crippen LogP contribution in [0.1, 0.15) is 0 Å². The first-order valence-corrected chi connectivity index (χ1v) is 8.28. The number of hydrogen-bond donors (Lipinski definition) is 0. The van der Waals surface area contributed by atoms with E-state index >= 15 is 0 Å². The van der Waals surface area contributed by atoms with E-state index in [9.17, 15) is 4.39 Å². The van der Waals surface area contributed by atoms with Crippen LogP contribution in [0.2, 0.25) is 0 Å². The number of alkyl halides is 1. The smallest absolute Gasteiger partial charge is 0.236 e. The zero-order valence-electron chi connectivity index (χ0n) is 13.5. The summed E-state index contributed by atoms with van der Waals surface area (Å²) in [5.41, 5.74) is 2.01.